The number of amides is 1. The maximum Gasteiger partial charge on any atom is 0.236 e. The monoisotopic (exact) mass is 253 g/mol. The van der Waals surface area contributed by atoms with Gasteiger partial charge in [-0.25, -0.2) is 4.39 Å². The van der Waals surface area contributed by atoms with Crippen molar-refractivity contribution in [1.29, 1.82) is 0 Å². The molecule has 0 aliphatic rings. The molecule has 0 aromatic heterocycles. The molecule has 100 valence electrons. The van der Waals surface area contributed by atoms with E-state index in [0.29, 0.717) is 23.7 Å². The van der Waals surface area contributed by atoms with Crippen molar-refractivity contribution in [2.24, 2.45) is 17.4 Å². The molecule has 0 bridgehead atoms. The Balaban J connectivity index is 2.97. The van der Waals surface area contributed by atoms with E-state index < -0.39 is 5.91 Å². The van der Waals surface area contributed by atoms with Gasteiger partial charge in [-0.05, 0) is 18.1 Å². The predicted octanol–water partition coefficient (Wildman–Crippen LogP) is 1.23. The summed E-state index contributed by atoms with van der Waals surface area (Å²) in [5, 5.41) is 0. The van der Waals surface area contributed by atoms with Crippen LogP contribution in [0.3, 0.4) is 0 Å². The van der Waals surface area contributed by atoms with Crippen molar-refractivity contribution >= 4 is 11.6 Å². The fraction of sp³-hybridized carbons (Fsp3) is 0.462. The molecule has 0 saturated heterocycles. The number of hydrogen-bond donors (Lipinski definition) is 2. The Bertz CT molecular complexity index is 421. The smallest absolute Gasteiger partial charge is 0.236 e. The first-order chi connectivity index (χ1) is 8.43. The fourth-order valence-electron chi connectivity index (χ4n) is 1.79. The molecule has 1 aromatic rings. The van der Waals surface area contributed by atoms with Gasteiger partial charge in [-0.15, -0.1) is 0 Å². The molecule has 18 heavy (non-hydrogen) atoms. The van der Waals surface area contributed by atoms with Gasteiger partial charge < -0.3 is 16.4 Å². The van der Waals surface area contributed by atoms with Crippen LogP contribution in [0.15, 0.2) is 18.2 Å². The molecule has 0 aliphatic heterocycles. The maximum absolute atomic E-state index is 13.7. The summed E-state index contributed by atoms with van der Waals surface area (Å²) in [6.45, 7) is 4.94. The average molecular weight is 253 g/mol. The highest BCUT2D eigenvalue weighted by molar-refractivity contribution is 5.79. The predicted molar refractivity (Wildman–Crippen MR) is 70.5 cm³/mol. The van der Waals surface area contributed by atoms with Crippen molar-refractivity contribution in [2.75, 3.05) is 18.0 Å². The van der Waals surface area contributed by atoms with E-state index in [4.69, 9.17) is 11.5 Å². The summed E-state index contributed by atoms with van der Waals surface area (Å²) in [6, 6.07) is 4.79. The van der Waals surface area contributed by atoms with Gasteiger partial charge in [-0.2, -0.15) is 0 Å². The number of anilines is 1. The second-order valence-electron chi connectivity index (χ2n) is 4.72. The van der Waals surface area contributed by atoms with E-state index in [9.17, 15) is 9.18 Å². The second-order valence-corrected chi connectivity index (χ2v) is 4.72. The zero-order valence-corrected chi connectivity index (χ0v) is 10.8. The van der Waals surface area contributed by atoms with Crippen LogP contribution in [0.1, 0.15) is 19.4 Å². The minimum absolute atomic E-state index is 0.0829. The van der Waals surface area contributed by atoms with Crippen LogP contribution in [-0.4, -0.2) is 19.0 Å². The van der Waals surface area contributed by atoms with E-state index in [1.54, 1.807) is 17.0 Å². The molecule has 4 N–H and O–H groups in total. The van der Waals surface area contributed by atoms with E-state index in [-0.39, 0.29) is 18.9 Å². The van der Waals surface area contributed by atoms with Gasteiger partial charge in [0, 0.05) is 24.3 Å². The maximum atomic E-state index is 13.7. The lowest BCUT2D eigenvalue weighted by molar-refractivity contribution is -0.116. The molecule has 1 amide bonds. The number of nitrogens with two attached hydrogens (primary N) is 2. The molecule has 1 aromatic carbocycles. The van der Waals surface area contributed by atoms with Crippen LogP contribution in [0.5, 0.6) is 0 Å². The van der Waals surface area contributed by atoms with Crippen LogP contribution in [0.25, 0.3) is 0 Å². The van der Waals surface area contributed by atoms with Crippen molar-refractivity contribution in [3.05, 3.63) is 29.6 Å². The van der Waals surface area contributed by atoms with Crippen molar-refractivity contribution in [3.63, 3.8) is 0 Å². The van der Waals surface area contributed by atoms with Gasteiger partial charge in [0.25, 0.3) is 0 Å². The lowest BCUT2D eigenvalue weighted by atomic mass is 10.1. The molecule has 5 heteroatoms. The highest BCUT2D eigenvalue weighted by Crippen LogP contribution is 2.19. The molecular weight excluding hydrogens is 233 g/mol. The Kier molecular flexibility index (Phi) is 5.09. The Hall–Kier alpha value is -1.62. The van der Waals surface area contributed by atoms with Gasteiger partial charge in [0.2, 0.25) is 5.91 Å². The summed E-state index contributed by atoms with van der Waals surface area (Å²) < 4.78 is 13.7. The first-order valence-electron chi connectivity index (χ1n) is 5.95. The number of primary amides is 1. The largest absolute Gasteiger partial charge is 0.368 e. The molecule has 0 atom stereocenters. The zero-order valence-electron chi connectivity index (χ0n) is 10.8. The van der Waals surface area contributed by atoms with Gasteiger partial charge in [0.1, 0.15) is 5.82 Å². The molecule has 0 aliphatic carbocycles. The summed E-state index contributed by atoms with van der Waals surface area (Å²) >= 11 is 0. The number of rotatable bonds is 6. The van der Waals surface area contributed by atoms with E-state index in [1.165, 1.54) is 6.07 Å². The molecule has 0 radical (unpaired) electrons. The first kappa shape index (κ1) is 14.4. The topological polar surface area (TPSA) is 72.3 Å². The van der Waals surface area contributed by atoms with Crippen molar-refractivity contribution in [2.45, 2.75) is 20.4 Å². The minimum Gasteiger partial charge on any atom is -0.368 e. The molecule has 0 unspecified atom stereocenters. The number of benzene rings is 1. The SMILES string of the molecule is CC(C)CN(CC(N)=O)c1ccc(CN)c(F)c1. The molecule has 0 fully saturated rings. The summed E-state index contributed by atoms with van der Waals surface area (Å²) in [6.07, 6.45) is 0. The summed E-state index contributed by atoms with van der Waals surface area (Å²) in [7, 11) is 0. The van der Waals surface area contributed by atoms with E-state index in [0.717, 1.165) is 0 Å². The molecule has 0 heterocycles. The number of nitrogens with zero attached hydrogens (tertiary/aromatic N) is 1. The Morgan fingerprint density at radius 2 is 2.11 bits per heavy atom. The van der Waals surface area contributed by atoms with Gasteiger partial charge in [-0.3, -0.25) is 4.79 Å². The normalized spacial score (nSPS) is 10.7. The van der Waals surface area contributed by atoms with Crippen LogP contribution in [-0.2, 0) is 11.3 Å². The Morgan fingerprint density at radius 3 is 2.56 bits per heavy atom. The zero-order chi connectivity index (χ0) is 13.7. The van der Waals surface area contributed by atoms with Crippen molar-refractivity contribution < 1.29 is 9.18 Å². The summed E-state index contributed by atoms with van der Waals surface area (Å²) in [4.78, 5) is 12.8. The number of hydrogen-bond acceptors (Lipinski definition) is 3. The second kappa shape index (κ2) is 6.35. The third-order valence-electron chi connectivity index (χ3n) is 2.55. The van der Waals surface area contributed by atoms with E-state index >= 15 is 0 Å². The van der Waals surface area contributed by atoms with Gasteiger partial charge >= 0.3 is 0 Å². The molecule has 0 saturated carbocycles. The third kappa shape index (κ3) is 4.00. The Morgan fingerprint density at radius 1 is 1.44 bits per heavy atom. The van der Waals surface area contributed by atoms with Gasteiger partial charge in [-0.1, -0.05) is 19.9 Å². The number of carbonyl (C=O) groups is 1. The van der Waals surface area contributed by atoms with Crippen molar-refractivity contribution in [1.82, 2.24) is 0 Å². The van der Waals surface area contributed by atoms with Crippen LogP contribution in [0, 0.1) is 11.7 Å². The van der Waals surface area contributed by atoms with E-state index in [1.807, 2.05) is 13.8 Å². The average Bonchev–Trinajstić information content (AvgIpc) is 2.26. The quantitative estimate of drug-likeness (QED) is 0.801. The fourth-order valence-corrected chi connectivity index (χ4v) is 1.79. The summed E-state index contributed by atoms with van der Waals surface area (Å²) in [5.74, 6) is -0.436. The van der Waals surface area contributed by atoms with E-state index in [2.05, 4.69) is 0 Å². The van der Waals surface area contributed by atoms with Crippen LogP contribution in [0.2, 0.25) is 0 Å². The van der Waals surface area contributed by atoms with Crippen molar-refractivity contribution in [3.8, 4) is 0 Å². The number of halogens is 1. The lowest BCUT2D eigenvalue weighted by Crippen LogP contribution is -2.36. The molecule has 4 nitrogen and oxygen atoms in total. The van der Waals surface area contributed by atoms with Gasteiger partial charge in [0.05, 0.1) is 6.54 Å². The van der Waals surface area contributed by atoms with Crippen LogP contribution >= 0.6 is 0 Å². The molecule has 1 rings (SSSR count). The minimum atomic E-state index is -0.432. The first-order valence-corrected chi connectivity index (χ1v) is 5.95. The molecular formula is C13H20FN3O. The number of carbonyl (C=O) groups excluding carboxylic acids is 1. The van der Waals surface area contributed by atoms with Crippen LogP contribution in [0.4, 0.5) is 10.1 Å². The van der Waals surface area contributed by atoms with Gasteiger partial charge in [0.15, 0.2) is 0 Å². The molecule has 0 spiro atoms. The lowest BCUT2D eigenvalue weighted by Gasteiger charge is -2.25. The summed E-state index contributed by atoms with van der Waals surface area (Å²) in [5.41, 5.74) is 11.7. The standard InChI is InChI=1S/C13H20FN3O/c1-9(2)7-17(8-13(16)18)11-4-3-10(6-15)12(14)5-11/h3-5,9H,6-8,15H2,1-2H3,(H2,16,18). The highest BCUT2D eigenvalue weighted by atomic mass is 19.1. The Labute approximate surface area is 107 Å². The third-order valence-corrected chi connectivity index (χ3v) is 2.55. The highest BCUT2D eigenvalue weighted by Gasteiger charge is 2.13. The van der Waals surface area contributed by atoms with Crippen LogP contribution < -0.4 is 16.4 Å².